The quantitative estimate of drug-likeness (QED) is 0.720. The van der Waals surface area contributed by atoms with Crippen LogP contribution in [0.25, 0.3) is 11.6 Å². The van der Waals surface area contributed by atoms with Crippen molar-refractivity contribution in [2.45, 2.75) is 12.8 Å². The summed E-state index contributed by atoms with van der Waals surface area (Å²) in [6.07, 6.45) is 4.08. The Labute approximate surface area is 139 Å². The van der Waals surface area contributed by atoms with E-state index in [2.05, 4.69) is 11.0 Å². The Balaban J connectivity index is 1.90. The third-order valence-corrected chi connectivity index (χ3v) is 4.21. The second kappa shape index (κ2) is 6.48. The van der Waals surface area contributed by atoms with Crippen LogP contribution in [0.4, 0.5) is 5.88 Å². The molecular formula is C17H14Cl2N2O. The Hall–Kier alpha value is -1.89. The molecule has 2 aromatic rings. The number of furan rings is 1. The maximum absolute atomic E-state index is 9.39. The summed E-state index contributed by atoms with van der Waals surface area (Å²) in [6.45, 7) is 2.04. The van der Waals surface area contributed by atoms with Crippen LogP contribution < -0.4 is 4.90 Å². The highest BCUT2D eigenvalue weighted by atomic mass is 35.5. The molecule has 1 aliphatic heterocycles. The van der Waals surface area contributed by atoms with Gasteiger partial charge in [-0.15, -0.1) is 0 Å². The van der Waals surface area contributed by atoms with Gasteiger partial charge < -0.3 is 9.32 Å². The van der Waals surface area contributed by atoms with Gasteiger partial charge in [-0.25, -0.2) is 0 Å². The second-order valence-electron chi connectivity index (χ2n) is 5.16. The van der Waals surface area contributed by atoms with Crippen LogP contribution in [0.2, 0.25) is 10.0 Å². The van der Waals surface area contributed by atoms with Gasteiger partial charge in [-0.3, -0.25) is 0 Å². The zero-order valence-electron chi connectivity index (χ0n) is 11.9. The number of rotatable bonds is 3. The van der Waals surface area contributed by atoms with Crippen LogP contribution in [-0.4, -0.2) is 13.1 Å². The summed E-state index contributed by atoms with van der Waals surface area (Å²) >= 11 is 12.1. The highest BCUT2D eigenvalue weighted by Crippen LogP contribution is 2.30. The topological polar surface area (TPSA) is 40.2 Å². The fourth-order valence-corrected chi connectivity index (χ4v) is 3.06. The van der Waals surface area contributed by atoms with Crippen LogP contribution >= 0.6 is 23.2 Å². The fourth-order valence-electron chi connectivity index (χ4n) is 2.55. The maximum Gasteiger partial charge on any atom is 0.196 e. The average molecular weight is 333 g/mol. The standard InChI is InChI=1S/C17H14Cl2N2O/c18-13-3-5-15(16(19)10-13)12(11-20)9-14-4-6-17(22-14)21-7-1-2-8-21/h3-6,9-10H,1-2,7-8H2/b12-9+. The maximum atomic E-state index is 9.39. The van der Waals surface area contributed by atoms with E-state index in [9.17, 15) is 5.26 Å². The van der Waals surface area contributed by atoms with E-state index in [1.54, 1.807) is 24.3 Å². The lowest BCUT2D eigenvalue weighted by Crippen LogP contribution is -2.16. The first-order valence-corrected chi connectivity index (χ1v) is 7.85. The second-order valence-corrected chi connectivity index (χ2v) is 6.01. The highest BCUT2D eigenvalue weighted by Gasteiger charge is 2.15. The molecule has 3 nitrogen and oxygen atoms in total. The molecule has 5 heteroatoms. The Morgan fingerprint density at radius 1 is 1.18 bits per heavy atom. The molecule has 0 spiro atoms. The number of hydrogen-bond acceptors (Lipinski definition) is 3. The predicted molar refractivity (Wildman–Crippen MR) is 90.1 cm³/mol. The van der Waals surface area contributed by atoms with Crippen molar-refractivity contribution in [2.24, 2.45) is 0 Å². The lowest BCUT2D eigenvalue weighted by atomic mass is 10.1. The molecule has 0 bridgehead atoms. The first-order chi connectivity index (χ1) is 10.7. The largest absolute Gasteiger partial charge is 0.441 e. The van der Waals surface area contributed by atoms with Gasteiger partial charge in [0.2, 0.25) is 0 Å². The van der Waals surface area contributed by atoms with Crippen molar-refractivity contribution < 1.29 is 4.42 Å². The van der Waals surface area contributed by atoms with Crippen molar-refractivity contribution >= 4 is 40.7 Å². The third kappa shape index (κ3) is 3.14. The van der Waals surface area contributed by atoms with Gasteiger partial charge in [0.1, 0.15) is 5.76 Å². The Morgan fingerprint density at radius 3 is 2.64 bits per heavy atom. The molecule has 1 aromatic carbocycles. The summed E-state index contributed by atoms with van der Waals surface area (Å²) in [5.74, 6) is 1.49. The number of anilines is 1. The molecule has 1 fully saturated rings. The van der Waals surface area contributed by atoms with Gasteiger partial charge in [-0.05, 0) is 37.1 Å². The summed E-state index contributed by atoms with van der Waals surface area (Å²) in [7, 11) is 0. The van der Waals surface area contributed by atoms with Gasteiger partial charge in [0, 0.05) is 29.7 Å². The van der Waals surface area contributed by atoms with Gasteiger partial charge in [0.05, 0.1) is 16.7 Å². The molecule has 0 radical (unpaired) electrons. The number of benzene rings is 1. The van der Waals surface area contributed by atoms with Crippen LogP contribution in [0.3, 0.4) is 0 Å². The summed E-state index contributed by atoms with van der Waals surface area (Å²) in [6, 6.07) is 11.1. The summed E-state index contributed by atoms with van der Waals surface area (Å²) in [4.78, 5) is 2.21. The minimum atomic E-state index is 0.448. The monoisotopic (exact) mass is 332 g/mol. The van der Waals surface area contributed by atoms with Crippen LogP contribution in [0.5, 0.6) is 0 Å². The van der Waals surface area contributed by atoms with Gasteiger partial charge in [-0.1, -0.05) is 29.3 Å². The molecule has 2 heterocycles. The molecular weight excluding hydrogens is 319 g/mol. The minimum absolute atomic E-state index is 0.448. The number of nitriles is 1. The zero-order chi connectivity index (χ0) is 15.5. The van der Waals surface area contributed by atoms with E-state index in [4.69, 9.17) is 27.6 Å². The van der Waals surface area contributed by atoms with Gasteiger partial charge in [0.25, 0.3) is 0 Å². The molecule has 0 saturated carbocycles. The number of hydrogen-bond donors (Lipinski definition) is 0. The average Bonchev–Trinajstić information content (AvgIpc) is 3.16. The predicted octanol–water partition coefficient (Wildman–Crippen LogP) is 5.25. The van der Waals surface area contributed by atoms with E-state index in [0.717, 1.165) is 19.0 Å². The molecule has 1 saturated heterocycles. The van der Waals surface area contributed by atoms with Gasteiger partial charge in [0.15, 0.2) is 5.88 Å². The molecule has 0 atom stereocenters. The van der Waals surface area contributed by atoms with Crippen LogP contribution in [-0.2, 0) is 0 Å². The first kappa shape index (κ1) is 15.0. The first-order valence-electron chi connectivity index (χ1n) is 7.09. The van der Waals surface area contributed by atoms with E-state index in [0.29, 0.717) is 26.9 Å². The van der Waals surface area contributed by atoms with Crippen LogP contribution in [0.1, 0.15) is 24.2 Å². The van der Waals surface area contributed by atoms with Crippen molar-refractivity contribution in [3.8, 4) is 6.07 Å². The van der Waals surface area contributed by atoms with Crippen LogP contribution in [0.15, 0.2) is 34.7 Å². The van der Waals surface area contributed by atoms with Gasteiger partial charge in [-0.2, -0.15) is 5.26 Å². The summed E-state index contributed by atoms with van der Waals surface area (Å²) < 4.78 is 5.81. The number of halogens is 2. The van der Waals surface area contributed by atoms with E-state index >= 15 is 0 Å². The van der Waals surface area contributed by atoms with Crippen molar-refractivity contribution in [3.05, 3.63) is 51.7 Å². The van der Waals surface area contributed by atoms with Crippen molar-refractivity contribution in [1.29, 1.82) is 5.26 Å². The number of allylic oxidation sites excluding steroid dienone is 1. The van der Waals surface area contributed by atoms with E-state index in [1.807, 2.05) is 12.1 Å². The normalized spacial score (nSPS) is 15.1. The van der Waals surface area contributed by atoms with E-state index < -0.39 is 0 Å². The molecule has 22 heavy (non-hydrogen) atoms. The fraction of sp³-hybridized carbons (Fsp3) is 0.235. The highest BCUT2D eigenvalue weighted by molar-refractivity contribution is 6.36. The number of nitrogens with zero attached hydrogens (tertiary/aromatic N) is 2. The van der Waals surface area contributed by atoms with Crippen molar-refractivity contribution in [1.82, 2.24) is 0 Å². The Bertz CT molecular complexity index is 752. The van der Waals surface area contributed by atoms with Crippen molar-refractivity contribution in [3.63, 3.8) is 0 Å². The van der Waals surface area contributed by atoms with Gasteiger partial charge >= 0.3 is 0 Å². The summed E-state index contributed by atoms with van der Waals surface area (Å²) in [5.41, 5.74) is 1.09. The van der Waals surface area contributed by atoms with Crippen molar-refractivity contribution in [2.75, 3.05) is 18.0 Å². The minimum Gasteiger partial charge on any atom is -0.441 e. The Morgan fingerprint density at radius 2 is 1.95 bits per heavy atom. The molecule has 0 N–H and O–H groups in total. The molecule has 112 valence electrons. The summed E-state index contributed by atoms with van der Waals surface area (Å²) in [5, 5.41) is 10.4. The zero-order valence-corrected chi connectivity index (χ0v) is 13.4. The van der Waals surface area contributed by atoms with E-state index in [-0.39, 0.29) is 0 Å². The molecule has 0 amide bonds. The smallest absolute Gasteiger partial charge is 0.196 e. The lowest BCUT2D eigenvalue weighted by molar-refractivity contribution is 0.548. The molecule has 3 rings (SSSR count). The molecule has 1 aromatic heterocycles. The Kier molecular flexibility index (Phi) is 4.42. The van der Waals surface area contributed by atoms with E-state index in [1.165, 1.54) is 12.8 Å². The SMILES string of the molecule is N#C/C(=C\c1ccc(N2CCCC2)o1)c1ccc(Cl)cc1Cl. The molecule has 0 unspecified atom stereocenters. The third-order valence-electron chi connectivity index (χ3n) is 3.66. The molecule has 0 aliphatic carbocycles. The van der Waals surface area contributed by atoms with Crippen LogP contribution in [0, 0.1) is 11.3 Å². The molecule has 1 aliphatic rings. The lowest BCUT2D eigenvalue weighted by Gasteiger charge is -2.12.